The van der Waals surface area contributed by atoms with Crippen LogP contribution in [-0.2, 0) is 4.79 Å². The maximum absolute atomic E-state index is 10.5. The van der Waals surface area contributed by atoms with Crippen LogP contribution in [0.1, 0.15) is 12.0 Å². The zero-order valence-corrected chi connectivity index (χ0v) is 9.68. The van der Waals surface area contributed by atoms with E-state index in [4.69, 9.17) is 22.0 Å². The summed E-state index contributed by atoms with van der Waals surface area (Å²) >= 11 is 6.03. The zero-order valence-electron chi connectivity index (χ0n) is 8.93. The summed E-state index contributed by atoms with van der Waals surface area (Å²) in [6, 6.07) is 3.55. The summed E-state index contributed by atoms with van der Waals surface area (Å²) in [4.78, 5) is 16.5. The first-order valence-electron chi connectivity index (χ1n) is 5.13. The van der Waals surface area contributed by atoms with Gasteiger partial charge in [0.15, 0.2) is 0 Å². The molecule has 2 rings (SSSR count). The van der Waals surface area contributed by atoms with Crippen LogP contribution in [-0.4, -0.2) is 29.1 Å². The molecule has 0 aromatic carbocycles. The Bertz CT molecular complexity index is 492. The van der Waals surface area contributed by atoms with Crippen molar-refractivity contribution >= 4 is 23.4 Å². The number of aliphatic carboxylic acids is 1. The molecule has 1 aromatic heterocycles. The first kappa shape index (κ1) is 11.7. The fourth-order valence-corrected chi connectivity index (χ4v) is 2.13. The molecule has 5 nitrogen and oxygen atoms in total. The van der Waals surface area contributed by atoms with Crippen LogP contribution in [0, 0.1) is 17.2 Å². The van der Waals surface area contributed by atoms with E-state index in [-0.39, 0.29) is 12.3 Å². The van der Waals surface area contributed by atoms with E-state index in [0.717, 1.165) is 0 Å². The van der Waals surface area contributed by atoms with Crippen molar-refractivity contribution in [2.75, 3.05) is 18.0 Å². The normalized spacial score (nSPS) is 15.2. The van der Waals surface area contributed by atoms with Gasteiger partial charge in [0, 0.05) is 25.2 Å². The smallest absolute Gasteiger partial charge is 0.303 e. The number of carboxylic acids is 1. The topological polar surface area (TPSA) is 77.2 Å². The molecule has 0 aliphatic carbocycles. The van der Waals surface area contributed by atoms with E-state index < -0.39 is 5.97 Å². The highest BCUT2D eigenvalue weighted by Crippen LogP contribution is 2.32. The molecule has 2 heterocycles. The third-order valence-electron chi connectivity index (χ3n) is 2.71. The first-order chi connectivity index (χ1) is 8.11. The van der Waals surface area contributed by atoms with Crippen molar-refractivity contribution < 1.29 is 9.90 Å². The van der Waals surface area contributed by atoms with E-state index in [1.807, 2.05) is 11.0 Å². The van der Waals surface area contributed by atoms with Crippen LogP contribution >= 0.6 is 11.6 Å². The summed E-state index contributed by atoms with van der Waals surface area (Å²) in [5.41, 5.74) is 0.387. The number of carboxylic acid groups (broad SMARTS) is 1. The fourth-order valence-electron chi connectivity index (χ4n) is 1.86. The molecule has 0 bridgehead atoms. The van der Waals surface area contributed by atoms with Crippen molar-refractivity contribution in [2.24, 2.45) is 5.92 Å². The quantitative estimate of drug-likeness (QED) is 0.881. The second kappa shape index (κ2) is 4.60. The highest BCUT2D eigenvalue weighted by molar-refractivity contribution is 6.34. The number of rotatable bonds is 3. The van der Waals surface area contributed by atoms with Gasteiger partial charge in [-0.05, 0) is 6.07 Å². The van der Waals surface area contributed by atoms with Gasteiger partial charge >= 0.3 is 5.97 Å². The molecule has 1 aromatic rings. The second-order valence-corrected chi connectivity index (χ2v) is 4.35. The molecule has 0 spiro atoms. The Balaban J connectivity index is 2.07. The molecule has 1 saturated heterocycles. The maximum atomic E-state index is 10.5. The molecule has 1 N–H and O–H groups in total. The summed E-state index contributed by atoms with van der Waals surface area (Å²) in [7, 11) is 0. The van der Waals surface area contributed by atoms with Gasteiger partial charge < -0.3 is 10.0 Å². The maximum Gasteiger partial charge on any atom is 0.303 e. The lowest BCUT2D eigenvalue weighted by Crippen LogP contribution is -2.48. The fraction of sp³-hybridized carbons (Fsp3) is 0.364. The molecule has 0 saturated carbocycles. The van der Waals surface area contributed by atoms with Crippen molar-refractivity contribution in [2.45, 2.75) is 6.42 Å². The Morgan fingerprint density at radius 1 is 1.71 bits per heavy atom. The summed E-state index contributed by atoms with van der Waals surface area (Å²) in [5.74, 6) is -0.0945. The minimum Gasteiger partial charge on any atom is -0.481 e. The highest BCUT2D eigenvalue weighted by Gasteiger charge is 2.31. The lowest BCUT2D eigenvalue weighted by atomic mass is 9.96. The molecule has 88 valence electrons. The molecular weight excluding hydrogens is 242 g/mol. The monoisotopic (exact) mass is 251 g/mol. The van der Waals surface area contributed by atoms with Crippen LogP contribution in [0.2, 0.25) is 5.02 Å². The Morgan fingerprint density at radius 2 is 2.41 bits per heavy atom. The van der Waals surface area contributed by atoms with E-state index in [1.165, 1.54) is 6.20 Å². The van der Waals surface area contributed by atoms with E-state index >= 15 is 0 Å². The third-order valence-corrected chi connectivity index (χ3v) is 3.08. The summed E-state index contributed by atoms with van der Waals surface area (Å²) < 4.78 is 0. The number of nitrogens with zero attached hydrogens (tertiary/aromatic N) is 3. The summed E-state index contributed by atoms with van der Waals surface area (Å²) in [5, 5.41) is 17.8. The van der Waals surface area contributed by atoms with E-state index in [1.54, 1.807) is 6.07 Å². The molecule has 6 heteroatoms. The van der Waals surface area contributed by atoms with Gasteiger partial charge in [0.25, 0.3) is 0 Å². The van der Waals surface area contributed by atoms with Crippen LogP contribution in [0.5, 0.6) is 0 Å². The van der Waals surface area contributed by atoms with Gasteiger partial charge in [0.05, 0.1) is 12.0 Å². The van der Waals surface area contributed by atoms with Crippen molar-refractivity contribution in [3.63, 3.8) is 0 Å². The predicted octanol–water partition coefficient (Wildman–Crippen LogP) is 1.52. The van der Waals surface area contributed by atoms with E-state index in [0.29, 0.717) is 29.5 Å². The van der Waals surface area contributed by atoms with Crippen LogP contribution in [0.15, 0.2) is 12.3 Å². The third kappa shape index (κ3) is 2.32. The number of pyridine rings is 1. The molecule has 1 aliphatic rings. The van der Waals surface area contributed by atoms with Crippen molar-refractivity contribution in [3.05, 3.63) is 22.8 Å². The van der Waals surface area contributed by atoms with Gasteiger partial charge in [-0.1, -0.05) is 11.6 Å². The zero-order chi connectivity index (χ0) is 12.4. The Kier molecular flexibility index (Phi) is 3.16. The van der Waals surface area contributed by atoms with Crippen molar-refractivity contribution in [1.29, 1.82) is 5.26 Å². The molecule has 0 radical (unpaired) electrons. The molecule has 0 atom stereocenters. The SMILES string of the molecule is N#Cc1ccnc(N2CC(CC(=O)O)C2)c1Cl. The minimum absolute atomic E-state index is 0.135. The first-order valence-corrected chi connectivity index (χ1v) is 5.51. The number of nitriles is 1. The second-order valence-electron chi connectivity index (χ2n) is 3.98. The van der Waals surface area contributed by atoms with Gasteiger partial charge in [-0.3, -0.25) is 4.79 Å². The summed E-state index contributed by atoms with van der Waals surface area (Å²) in [6.07, 6.45) is 1.69. The van der Waals surface area contributed by atoms with Crippen LogP contribution < -0.4 is 4.90 Å². The van der Waals surface area contributed by atoms with Crippen LogP contribution in [0.4, 0.5) is 5.82 Å². The van der Waals surface area contributed by atoms with Crippen LogP contribution in [0.25, 0.3) is 0 Å². The molecule has 17 heavy (non-hydrogen) atoms. The van der Waals surface area contributed by atoms with Gasteiger partial charge in [-0.2, -0.15) is 5.26 Å². The number of carbonyl (C=O) groups is 1. The Labute approximate surface area is 103 Å². The van der Waals surface area contributed by atoms with Gasteiger partial charge in [0.2, 0.25) is 0 Å². The number of hydrogen-bond donors (Lipinski definition) is 1. The molecular formula is C11H10ClN3O2. The number of anilines is 1. The molecule has 0 amide bonds. The standard InChI is InChI=1S/C11H10ClN3O2/c12-10-8(4-13)1-2-14-11(10)15-5-7(6-15)3-9(16)17/h1-2,7H,3,5-6H2,(H,16,17). The minimum atomic E-state index is -0.792. The van der Waals surface area contributed by atoms with Crippen LogP contribution in [0.3, 0.4) is 0 Å². The lowest BCUT2D eigenvalue weighted by molar-refractivity contribution is -0.138. The largest absolute Gasteiger partial charge is 0.481 e. The number of hydrogen-bond acceptors (Lipinski definition) is 4. The van der Waals surface area contributed by atoms with Gasteiger partial charge in [0.1, 0.15) is 16.9 Å². The average Bonchev–Trinajstić information content (AvgIpc) is 2.24. The highest BCUT2D eigenvalue weighted by atomic mass is 35.5. The predicted molar refractivity (Wildman–Crippen MR) is 61.9 cm³/mol. The van der Waals surface area contributed by atoms with E-state index in [9.17, 15) is 4.79 Å². The van der Waals surface area contributed by atoms with Crippen molar-refractivity contribution in [3.8, 4) is 6.07 Å². The lowest BCUT2D eigenvalue weighted by Gasteiger charge is -2.39. The van der Waals surface area contributed by atoms with Gasteiger partial charge in [-0.15, -0.1) is 0 Å². The molecule has 1 aliphatic heterocycles. The molecule has 0 unspecified atom stereocenters. The van der Waals surface area contributed by atoms with E-state index in [2.05, 4.69) is 4.98 Å². The number of halogens is 1. The average molecular weight is 252 g/mol. The Hall–Kier alpha value is -1.80. The van der Waals surface area contributed by atoms with Crippen molar-refractivity contribution in [1.82, 2.24) is 4.98 Å². The summed E-state index contributed by atoms with van der Waals surface area (Å²) in [6.45, 7) is 1.24. The Morgan fingerprint density at radius 3 is 3.00 bits per heavy atom. The number of aromatic nitrogens is 1. The molecule has 1 fully saturated rings. The van der Waals surface area contributed by atoms with Gasteiger partial charge in [-0.25, -0.2) is 4.98 Å².